The lowest BCUT2D eigenvalue weighted by molar-refractivity contribution is -0.123. The van der Waals surface area contributed by atoms with Crippen LogP contribution in [0.3, 0.4) is 0 Å². The number of carbonyl (C=O) groups is 2. The minimum Gasteiger partial charge on any atom is -0.326 e. The van der Waals surface area contributed by atoms with E-state index in [9.17, 15) is 14.0 Å². The zero-order chi connectivity index (χ0) is 19.0. The molecule has 8 heteroatoms. The Morgan fingerprint density at radius 1 is 1.19 bits per heavy atom. The van der Waals surface area contributed by atoms with Crippen molar-refractivity contribution in [1.82, 2.24) is 9.78 Å². The number of anilines is 2. The Morgan fingerprint density at radius 2 is 1.89 bits per heavy atom. The van der Waals surface area contributed by atoms with Gasteiger partial charge in [-0.25, -0.2) is 9.07 Å². The fourth-order valence-electron chi connectivity index (χ4n) is 2.97. The molecule has 1 aromatic heterocycles. The van der Waals surface area contributed by atoms with Gasteiger partial charge in [0.05, 0.1) is 12.6 Å². The van der Waals surface area contributed by atoms with Gasteiger partial charge in [-0.1, -0.05) is 23.7 Å². The molecule has 136 valence electrons. The fraction of sp³-hybridized carbons (Fsp3) is 0.105. The van der Waals surface area contributed by atoms with Gasteiger partial charge in [-0.15, -0.1) is 0 Å². The van der Waals surface area contributed by atoms with Gasteiger partial charge in [0.1, 0.15) is 17.7 Å². The first-order valence-corrected chi connectivity index (χ1v) is 8.59. The zero-order valence-electron chi connectivity index (χ0n) is 13.9. The standard InChI is InChI=1S/C19H14ClFN4O2/c20-12-3-7-14(8-4-12)23-17(26)9-16-19(27)24-18-15(10-22-25(16)18)11-1-5-13(21)6-2-11/h1-8,10,16H,9H2,(H,23,26)(H,24,27). The number of hydrogen-bond acceptors (Lipinski definition) is 3. The van der Waals surface area contributed by atoms with Gasteiger partial charge in [-0.2, -0.15) is 5.10 Å². The van der Waals surface area contributed by atoms with Crippen molar-refractivity contribution in [3.63, 3.8) is 0 Å². The number of amides is 2. The summed E-state index contributed by atoms with van der Waals surface area (Å²) in [5.74, 6) is -0.476. The van der Waals surface area contributed by atoms with Crippen molar-refractivity contribution in [3.8, 4) is 11.1 Å². The molecule has 27 heavy (non-hydrogen) atoms. The Morgan fingerprint density at radius 3 is 2.59 bits per heavy atom. The molecule has 1 aliphatic rings. The number of nitrogens with zero attached hydrogens (tertiary/aromatic N) is 2. The van der Waals surface area contributed by atoms with Gasteiger partial charge in [0.15, 0.2) is 0 Å². The third-order valence-electron chi connectivity index (χ3n) is 4.30. The molecular formula is C19H14ClFN4O2. The number of hydrogen-bond donors (Lipinski definition) is 2. The number of halogens is 2. The zero-order valence-corrected chi connectivity index (χ0v) is 14.7. The maximum atomic E-state index is 13.1. The molecule has 1 atom stereocenters. The van der Waals surface area contributed by atoms with Crippen LogP contribution >= 0.6 is 11.6 Å². The summed E-state index contributed by atoms with van der Waals surface area (Å²) in [7, 11) is 0. The molecule has 1 unspecified atom stereocenters. The van der Waals surface area contributed by atoms with Crippen molar-refractivity contribution in [3.05, 3.63) is 65.6 Å². The topological polar surface area (TPSA) is 76.0 Å². The molecule has 1 aliphatic heterocycles. The molecule has 2 aromatic carbocycles. The summed E-state index contributed by atoms with van der Waals surface area (Å²) in [6, 6.07) is 11.9. The number of aromatic nitrogens is 2. The fourth-order valence-corrected chi connectivity index (χ4v) is 3.10. The van der Waals surface area contributed by atoms with Crippen molar-refractivity contribution >= 4 is 34.9 Å². The third-order valence-corrected chi connectivity index (χ3v) is 4.55. The minimum atomic E-state index is -0.749. The summed E-state index contributed by atoms with van der Waals surface area (Å²) in [6.07, 6.45) is 1.53. The molecule has 3 aromatic rings. The Balaban J connectivity index is 1.52. The molecule has 0 spiro atoms. The molecule has 2 heterocycles. The number of nitrogens with one attached hydrogen (secondary N) is 2. The molecular weight excluding hydrogens is 371 g/mol. The van der Waals surface area contributed by atoms with E-state index in [1.807, 2.05) is 0 Å². The number of benzene rings is 2. The predicted molar refractivity (Wildman–Crippen MR) is 100.0 cm³/mol. The number of rotatable bonds is 4. The van der Waals surface area contributed by atoms with Crippen LogP contribution in [0.4, 0.5) is 15.9 Å². The van der Waals surface area contributed by atoms with Crippen molar-refractivity contribution in [2.24, 2.45) is 0 Å². The van der Waals surface area contributed by atoms with Crippen molar-refractivity contribution in [2.45, 2.75) is 12.5 Å². The first kappa shape index (κ1) is 17.2. The molecule has 0 saturated carbocycles. The van der Waals surface area contributed by atoms with Crippen LogP contribution in [0, 0.1) is 5.82 Å². The predicted octanol–water partition coefficient (Wildman–Crippen LogP) is 3.86. The summed E-state index contributed by atoms with van der Waals surface area (Å²) in [5.41, 5.74) is 1.99. The summed E-state index contributed by atoms with van der Waals surface area (Å²) in [4.78, 5) is 24.6. The average molecular weight is 385 g/mol. The van der Waals surface area contributed by atoms with Crippen molar-refractivity contribution < 1.29 is 14.0 Å². The third kappa shape index (κ3) is 3.41. The maximum absolute atomic E-state index is 13.1. The maximum Gasteiger partial charge on any atom is 0.251 e. The normalized spacial score (nSPS) is 15.3. The first-order valence-electron chi connectivity index (χ1n) is 8.21. The highest BCUT2D eigenvalue weighted by atomic mass is 35.5. The van der Waals surface area contributed by atoms with E-state index in [2.05, 4.69) is 15.7 Å². The summed E-state index contributed by atoms with van der Waals surface area (Å²) in [6.45, 7) is 0. The Hall–Kier alpha value is -3.19. The highest BCUT2D eigenvalue weighted by Crippen LogP contribution is 2.35. The summed E-state index contributed by atoms with van der Waals surface area (Å²) in [5, 5.41) is 10.3. The SMILES string of the molecule is O=C(CC1C(=O)Nc2c(-c3ccc(F)cc3)cnn21)Nc1ccc(Cl)cc1. The van der Waals surface area contributed by atoms with Gasteiger partial charge in [0.2, 0.25) is 5.91 Å². The van der Waals surface area contributed by atoms with Crippen molar-refractivity contribution in [1.29, 1.82) is 0 Å². The second-order valence-corrected chi connectivity index (χ2v) is 6.56. The molecule has 6 nitrogen and oxygen atoms in total. The number of carbonyl (C=O) groups excluding carboxylic acids is 2. The largest absolute Gasteiger partial charge is 0.326 e. The summed E-state index contributed by atoms with van der Waals surface area (Å²) >= 11 is 5.82. The van der Waals surface area contributed by atoms with E-state index in [-0.39, 0.29) is 24.1 Å². The summed E-state index contributed by atoms with van der Waals surface area (Å²) < 4.78 is 14.6. The van der Waals surface area contributed by atoms with E-state index in [0.717, 1.165) is 5.56 Å². The molecule has 0 radical (unpaired) electrons. The van der Waals surface area contributed by atoms with E-state index in [1.165, 1.54) is 16.8 Å². The smallest absolute Gasteiger partial charge is 0.251 e. The van der Waals surface area contributed by atoms with E-state index < -0.39 is 6.04 Å². The molecule has 2 amide bonds. The Bertz CT molecular complexity index is 1020. The van der Waals surface area contributed by atoms with Gasteiger partial charge < -0.3 is 10.6 Å². The lowest BCUT2D eigenvalue weighted by Crippen LogP contribution is -2.23. The minimum absolute atomic E-state index is 0.0635. The molecule has 0 saturated heterocycles. The number of fused-ring (bicyclic) bond motifs is 1. The molecule has 4 rings (SSSR count). The van der Waals surface area contributed by atoms with Crippen LogP contribution in [-0.2, 0) is 9.59 Å². The van der Waals surface area contributed by atoms with Gasteiger partial charge in [-0.3, -0.25) is 9.59 Å². The van der Waals surface area contributed by atoms with Gasteiger partial charge in [-0.05, 0) is 42.0 Å². The van der Waals surface area contributed by atoms with Crippen LogP contribution in [0.25, 0.3) is 11.1 Å². The van der Waals surface area contributed by atoms with Gasteiger partial charge >= 0.3 is 0 Å². The average Bonchev–Trinajstić information content (AvgIpc) is 3.18. The second kappa shape index (κ2) is 6.85. The van der Waals surface area contributed by atoms with Crippen LogP contribution < -0.4 is 10.6 Å². The van der Waals surface area contributed by atoms with Gasteiger partial charge in [0, 0.05) is 16.3 Å². The molecule has 0 aliphatic carbocycles. The van der Waals surface area contributed by atoms with Gasteiger partial charge in [0.25, 0.3) is 5.91 Å². The quantitative estimate of drug-likeness (QED) is 0.717. The van der Waals surface area contributed by atoms with Crippen LogP contribution in [-0.4, -0.2) is 21.6 Å². The van der Waals surface area contributed by atoms with E-state index in [0.29, 0.717) is 22.1 Å². The van der Waals surface area contributed by atoms with Crippen LogP contribution in [0.1, 0.15) is 12.5 Å². The molecule has 2 N–H and O–H groups in total. The first-order chi connectivity index (χ1) is 13.0. The molecule has 0 fully saturated rings. The second-order valence-electron chi connectivity index (χ2n) is 6.12. The highest BCUT2D eigenvalue weighted by molar-refractivity contribution is 6.30. The van der Waals surface area contributed by atoms with Crippen LogP contribution in [0.15, 0.2) is 54.7 Å². The Kier molecular flexibility index (Phi) is 4.37. The highest BCUT2D eigenvalue weighted by Gasteiger charge is 2.35. The lowest BCUT2D eigenvalue weighted by atomic mass is 10.1. The molecule has 0 bridgehead atoms. The van der Waals surface area contributed by atoms with Crippen LogP contribution in [0.5, 0.6) is 0 Å². The Labute approximate surface area is 158 Å². The monoisotopic (exact) mass is 384 g/mol. The van der Waals surface area contributed by atoms with E-state index in [1.54, 1.807) is 42.6 Å². The lowest BCUT2D eigenvalue weighted by Gasteiger charge is -2.10. The van der Waals surface area contributed by atoms with E-state index >= 15 is 0 Å². The van der Waals surface area contributed by atoms with Crippen LogP contribution in [0.2, 0.25) is 5.02 Å². The van der Waals surface area contributed by atoms with Crippen molar-refractivity contribution in [2.75, 3.05) is 10.6 Å². The van der Waals surface area contributed by atoms with E-state index in [4.69, 9.17) is 11.6 Å².